The van der Waals surface area contributed by atoms with Crippen LogP contribution >= 0.6 is 15.9 Å². The van der Waals surface area contributed by atoms with Gasteiger partial charge in [0.15, 0.2) is 0 Å². The molecule has 2 aliphatic rings. The zero-order chi connectivity index (χ0) is 16.3. The second kappa shape index (κ2) is 4.82. The highest BCUT2D eigenvalue weighted by molar-refractivity contribution is 9.10. The largest absolute Gasteiger partial charge is 0.473 e. The molecule has 0 saturated carbocycles. The number of fused-ring (bicyclic) bond motifs is 3. The number of hydrogen-bond donors (Lipinski definition) is 0. The number of ether oxygens (including phenoxy) is 1. The van der Waals surface area contributed by atoms with E-state index in [2.05, 4.69) is 15.9 Å². The number of alkyl halides is 3. The summed E-state index contributed by atoms with van der Waals surface area (Å²) in [7, 11) is 1.58. The topological polar surface area (TPSA) is 55.6 Å². The second-order valence-electron chi connectivity index (χ2n) is 5.72. The van der Waals surface area contributed by atoms with Gasteiger partial charge in [-0.1, -0.05) is 15.9 Å². The van der Waals surface area contributed by atoms with Gasteiger partial charge in [0.05, 0.1) is 12.5 Å². The van der Waals surface area contributed by atoms with Crippen molar-refractivity contribution in [3.8, 4) is 5.75 Å². The van der Waals surface area contributed by atoms with Crippen molar-refractivity contribution in [1.82, 2.24) is 4.90 Å². The predicted octanol–water partition coefficient (Wildman–Crippen LogP) is 2.82. The van der Waals surface area contributed by atoms with Crippen LogP contribution in [-0.2, 0) is 0 Å². The van der Waals surface area contributed by atoms with Crippen LogP contribution in [0.2, 0.25) is 0 Å². The second-order valence-corrected chi connectivity index (χ2v) is 6.64. The summed E-state index contributed by atoms with van der Waals surface area (Å²) in [5.74, 6) is -0.816. The van der Waals surface area contributed by atoms with Gasteiger partial charge in [-0.3, -0.25) is 15.0 Å². The van der Waals surface area contributed by atoms with E-state index in [1.165, 1.54) is 6.07 Å². The fraction of sp³-hybridized carbons (Fsp3) is 0.538. The molecular weight excluding hydrogens is 369 g/mol. The van der Waals surface area contributed by atoms with Crippen LogP contribution in [0.5, 0.6) is 5.75 Å². The number of nitrogens with zero attached hydrogens (tertiary/aromatic N) is 2. The van der Waals surface area contributed by atoms with Crippen molar-refractivity contribution in [3.05, 3.63) is 38.3 Å². The highest BCUT2D eigenvalue weighted by Crippen LogP contribution is 2.52. The van der Waals surface area contributed by atoms with E-state index >= 15 is 0 Å². The molecule has 1 aromatic carbocycles. The molecule has 0 unspecified atom stereocenters. The van der Waals surface area contributed by atoms with Gasteiger partial charge in [0.2, 0.25) is 0 Å². The summed E-state index contributed by atoms with van der Waals surface area (Å²) in [6.45, 7) is -0.124. The van der Waals surface area contributed by atoms with Crippen molar-refractivity contribution in [2.75, 3.05) is 20.1 Å². The molecule has 0 bridgehead atoms. The number of hydrogen-bond acceptors (Lipinski definition) is 4. The fourth-order valence-corrected chi connectivity index (χ4v) is 3.85. The maximum atomic E-state index is 13.4. The molecule has 0 amide bonds. The Morgan fingerprint density at radius 3 is 2.77 bits per heavy atom. The summed E-state index contributed by atoms with van der Waals surface area (Å²) >= 11 is 3.25. The smallest absolute Gasteiger partial charge is 0.432 e. The normalized spacial score (nSPS) is 31.3. The summed E-state index contributed by atoms with van der Waals surface area (Å²) in [4.78, 5) is 12.4. The Morgan fingerprint density at radius 1 is 1.50 bits per heavy atom. The average Bonchev–Trinajstić information content (AvgIpc) is 2.75. The lowest BCUT2D eigenvalue weighted by Crippen LogP contribution is -2.64. The molecule has 0 spiro atoms. The molecule has 2 heterocycles. The van der Waals surface area contributed by atoms with Crippen molar-refractivity contribution < 1.29 is 22.8 Å². The van der Waals surface area contributed by atoms with E-state index in [9.17, 15) is 23.3 Å². The molecule has 9 heteroatoms. The third-order valence-electron chi connectivity index (χ3n) is 4.30. The van der Waals surface area contributed by atoms with Crippen LogP contribution in [0, 0.1) is 10.1 Å². The lowest BCUT2D eigenvalue weighted by molar-refractivity contribution is -0.591. The van der Waals surface area contributed by atoms with Crippen LogP contribution in [0.4, 0.5) is 13.2 Å². The standard InChI is InChI=1S/C13H12BrF3N2O3/c1-18-5-9-8-4-7(14)2-3-10(8)22-11(13(15,16)17)12(9,6-18)19(20)21/h2-4,9,11H,5-6H2,1H3/t9-,11+,12+/m1/s1. The first kappa shape index (κ1) is 15.5. The number of benzene rings is 1. The lowest BCUT2D eigenvalue weighted by atomic mass is 9.75. The molecule has 22 heavy (non-hydrogen) atoms. The van der Waals surface area contributed by atoms with Crippen molar-refractivity contribution in [2.45, 2.75) is 23.7 Å². The van der Waals surface area contributed by atoms with Crippen LogP contribution < -0.4 is 4.74 Å². The third kappa shape index (κ3) is 2.10. The van der Waals surface area contributed by atoms with Crippen molar-refractivity contribution in [1.29, 1.82) is 0 Å². The van der Waals surface area contributed by atoms with Gasteiger partial charge in [0.25, 0.3) is 11.6 Å². The summed E-state index contributed by atoms with van der Waals surface area (Å²) in [5.41, 5.74) is -1.78. The SMILES string of the molecule is CN1C[C@@H]2c3cc(Br)ccc3O[C@H](C(F)(F)F)[C@]2([N+](=O)[O-])C1. The molecule has 0 aromatic heterocycles. The van der Waals surface area contributed by atoms with Crippen molar-refractivity contribution in [3.63, 3.8) is 0 Å². The molecule has 1 aromatic rings. The molecule has 1 fully saturated rings. The Labute approximate surface area is 132 Å². The van der Waals surface area contributed by atoms with Crippen LogP contribution in [0.15, 0.2) is 22.7 Å². The van der Waals surface area contributed by atoms with E-state index in [1.807, 2.05) is 0 Å². The number of rotatable bonds is 1. The Balaban J connectivity index is 2.23. The van der Waals surface area contributed by atoms with E-state index in [-0.39, 0.29) is 18.8 Å². The zero-order valence-corrected chi connectivity index (χ0v) is 13.0. The molecule has 5 nitrogen and oxygen atoms in total. The van der Waals surface area contributed by atoms with Gasteiger partial charge in [-0.25, -0.2) is 0 Å². The Hall–Kier alpha value is -1.35. The first-order valence-electron chi connectivity index (χ1n) is 6.52. The number of likely N-dealkylation sites (tertiary alicyclic amines) is 1. The van der Waals surface area contributed by atoms with E-state index in [4.69, 9.17) is 4.74 Å². The minimum atomic E-state index is -4.82. The quantitative estimate of drug-likeness (QED) is 0.555. The van der Waals surface area contributed by atoms with Crippen LogP contribution in [0.3, 0.4) is 0 Å². The molecule has 0 aliphatic carbocycles. The molecule has 3 atom stereocenters. The monoisotopic (exact) mass is 380 g/mol. The summed E-state index contributed by atoms with van der Waals surface area (Å²) < 4.78 is 46.0. The highest BCUT2D eigenvalue weighted by Gasteiger charge is 2.73. The molecule has 0 N–H and O–H groups in total. The van der Waals surface area contributed by atoms with Crippen molar-refractivity contribution >= 4 is 15.9 Å². The van der Waals surface area contributed by atoms with E-state index < -0.39 is 28.7 Å². The Kier molecular flexibility index (Phi) is 3.41. The van der Waals surface area contributed by atoms with Gasteiger partial charge in [-0.15, -0.1) is 0 Å². The summed E-state index contributed by atoms with van der Waals surface area (Å²) in [6.07, 6.45) is -7.28. The van der Waals surface area contributed by atoms with E-state index in [0.717, 1.165) is 0 Å². The molecule has 120 valence electrons. The molecule has 0 radical (unpaired) electrons. The lowest BCUT2D eigenvalue weighted by Gasteiger charge is -2.39. The van der Waals surface area contributed by atoms with Gasteiger partial charge in [0, 0.05) is 21.5 Å². The average molecular weight is 381 g/mol. The van der Waals surface area contributed by atoms with Gasteiger partial charge in [0.1, 0.15) is 5.75 Å². The molecule has 2 aliphatic heterocycles. The minimum absolute atomic E-state index is 0.0586. The van der Waals surface area contributed by atoms with Gasteiger partial charge in [-0.2, -0.15) is 13.2 Å². The molecule has 1 saturated heterocycles. The van der Waals surface area contributed by atoms with Gasteiger partial charge < -0.3 is 4.74 Å². The first-order valence-corrected chi connectivity index (χ1v) is 7.31. The van der Waals surface area contributed by atoms with E-state index in [1.54, 1.807) is 24.1 Å². The first-order chi connectivity index (χ1) is 10.2. The van der Waals surface area contributed by atoms with E-state index in [0.29, 0.717) is 10.0 Å². The van der Waals surface area contributed by atoms with Crippen molar-refractivity contribution in [2.24, 2.45) is 0 Å². The number of likely N-dealkylation sites (N-methyl/N-ethyl adjacent to an activating group) is 1. The summed E-state index contributed by atoms with van der Waals surface area (Å²) in [6, 6.07) is 4.58. The molecule has 3 rings (SSSR count). The van der Waals surface area contributed by atoms with Crippen LogP contribution in [0.1, 0.15) is 11.5 Å². The highest BCUT2D eigenvalue weighted by atomic mass is 79.9. The third-order valence-corrected chi connectivity index (χ3v) is 4.80. The Morgan fingerprint density at radius 2 is 2.18 bits per heavy atom. The number of halogens is 4. The van der Waals surface area contributed by atoms with Gasteiger partial charge >= 0.3 is 6.18 Å². The zero-order valence-electron chi connectivity index (χ0n) is 11.4. The Bertz CT molecular complexity index is 639. The molecular formula is C13H12BrF3N2O3. The predicted molar refractivity (Wildman–Crippen MR) is 74.6 cm³/mol. The van der Waals surface area contributed by atoms with Crippen LogP contribution in [-0.4, -0.2) is 47.8 Å². The van der Waals surface area contributed by atoms with Crippen LogP contribution in [0.25, 0.3) is 0 Å². The van der Waals surface area contributed by atoms with Gasteiger partial charge in [-0.05, 0) is 25.2 Å². The minimum Gasteiger partial charge on any atom is -0.473 e. The number of nitro groups is 1. The maximum absolute atomic E-state index is 13.4. The maximum Gasteiger partial charge on any atom is 0.432 e. The fourth-order valence-electron chi connectivity index (χ4n) is 3.47. The summed E-state index contributed by atoms with van der Waals surface area (Å²) in [5, 5.41) is 11.6.